The van der Waals surface area contributed by atoms with E-state index in [9.17, 15) is 30.6 Å². The van der Waals surface area contributed by atoms with Crippen molar-refractivity contribution in [2.24, 2.45) is 0 Å². The van der Waals surface area contributed by atoms with Crippen LogP contribution < -0.4 is 5.48 Å². The third-order valence-electron chi connectivity index (χ3n) is 4.97. The first-order valence-corrected chi connectivity index (χ1v) is 9.76. The lowest BCUT2D eigenvalue weighted by molar-refractivity contribution is -0.275. The van der Waals surface area contributed by atoms with E-state index in [1.54, 1.807) is 12.4 Å². The molecule has 0 spiro atoms. The van der Waals surface area contributed by atoms with Crippen molar-refractivity contribution in [3.63, 3.8) is 0 Å². The molecule has 0 saturated carbocycles. The van der Waals surface area contributed by atoms with Crippen molar-refractivity contribution in [2.75, 3.05) is 13.2 Å². The van der Waals surface area contributed by atoms with Crippen molar-refractivity contribution in [3.8, 4) is 0 Å². The number of nitrogens with zero attached hydrogens (tertiary/aromatic N) is 1. The molecule has 5 unspecified atom stereocenters. The number of hydrogen-bond acceptors (Lipinski definition) is 12. The van der Waals surface area contributed by atoms with E-state index in [1.807, 2.05) is 13.0 Å². The smallest absolute Gasteiger partial charge is 0.278 e. The second kappa shape index (κ2) is 10.6. The van der Waals surface area contributed by atoms with Gasteiger partial charge in [-0.2, -0.15) is 5.48 Å². The predicted octanol–water partition coefficient (Wildman–Crippen LogP) is -2.81. The largest absolute Gasteiger partial charge is 0.457 e. The van der Waals surface area contributed by atoms with Gasteiger partial charge in [0.2, 0.25) is 0 Å². The van der Waals surface area contributed by atoms with E-state index in [-0.39, 0.29) is 12.6 Å². The van der Waals surface area contributed by atoms with Crippen LogP contribution in [-0.4, -0.2) is 97.8 Å². The van der Waals surface area contributed by atoms with Crippen LogP contribution in [0.2, 0.25) is 0 Å². The lowest BCUT2D eigenvalue weighted by Gasteiger charge is -2.42. The minimum atomic E-state index is -1.48. The maximum absolute atomic E-state index is 10.6. The molecule has 0 amide bonds. The molecule has 2 aliphatic heterocycles. The molecule has 174 valence electrons. The second-order valence-corrected chi connectivity index (χ2v) is 7.42. The van der Waals surface area contributed by atoms with Crippen molar-refractivity contribution in [3.05, 3.63) is 41.6 Å². The molecule has 1 aromatic heterocycles. The van der Waals surface area contributed by atoms with Crippen LogP contribution in [0.25, 0.3) is 0 Å². The number of ether oxygens (including phenoxy) is 3. The molecule has 1 saturated heterocycles. The molecule has 1 aromatic rings. The minimum Gasteiger partial charge on any atom is -0.457 e. The maximum Gasteiger partial charge on any atom is 0.278 e. The number of nitrogens with one attached hydrogen (secondary N) is 1. The summed E-state index contributed by atoms with van der Waals surface area (Å²) in [6.45, 7) is 0.819. The van der Waals surface area contributed by atoms with Crippen LogP contribution in [0.3, 0.4) is 0 Å². The van der Waals surface area contributed by atoms with E-state index in [4.69, 9.17) is 19.0 Å². The Hall–Kier alpha value is -1.87. The van der Waals surface area contributed by atoms with Crippen molar-refractivity contribution >= 4 is 0 Å². The topological polar surface area (TPSA) is 183 Å². The molecular formula is C19H28N2O10. The monoisotopic (exact) mass is 444 g/mol. The van der Waals surface area contributed by atoms with Gasteiger partial charge in [0, 0.05) is 18.5 Å². The van der Waals surface area contributed by atoms with Gasteiger partial charge in [0.1, 0.15) is 30.5 Å². The van der Waals surface area contributed by atoms with Crippen LogP contribution in [0.5, 0.6) is 0 Å². The van der Waals surface area contributed by atoms with Gasteiger partial charge in [-0.1, -0.05) is 6.07 Å². The van der Waals surface area contributed by atoms with Gasteiger partial charge in [0.15, 0.2) is 18.4 Å². The summed E-state index contributed by atoms with van der Waals surface area (Å²) in [5.74, 6) is -0.302. The summed E-state index contributed by atoms with van der Waals surface area (Å²) in [6, 6.07) is 1.86. The van der Waals surface area contributed by atoms with Gasteiger partial charge in [-0.25, -0.2) is 0 Å². The van der Waals surface area contributed by atoms with E-state index >= 15 is 0 Å². The number of hydroxylamine groups is 1. The van der Waals surface area contributed by atoms with Gasteiger partial charge >= 0.3 is 0 Å². The van der Waals surface area contributed by atoms with E-state index in [2.05, 4.69) is 10.5 Å². The Bertz CT molecular complexity index is 750. The Balaban J connectivity index is 1.65. The number of rotatable bonds is 8. The molecule has 1 fully saturated rings. The highest BCUT2D eigenvalue weighted by molar-refractivity contribution is 5.15. The standard InChI is InChI=1S/C19H28N2O10/c1-9-2-10(5-20-4-9)8-28-21-19-17(27)18(16(26)13(7-23)30-19)31-14-3-11(24)15(25)12(6-22)29-14/h2-5,11-13,15-19,21-27H,6-8H2,1H3/t11?,12?,13?,15?,16-,17?,18-,19-/m1/s1. The van der Waals surface area contributed by atoms with E-state index in [0.717, 1.165) is 17.2 Å². The molecule has 12 nitrogen and oxygen atoms in total. The molecule has 31 heavy (non-hydrogen) atoms. The number of hydrogen-bond donors (Lipinski definition) is 7. The highest BCUT2D eigenvalue weighted by atomic mass is 16.7. The third kappa shape index (κ3) is 5.68. The van der Waals surface area contributed by atoms with Crippen LogP contribution in [-0.2, 0) is 25.7 Å². The lowest BCUT2D eigenvalue weighted by atomic mass is 9.98. The summed E-state index contributed by atoms with van der Waals surface area (Å²) in [5, 5.41) is 59.5. The molecule has 3 heterocycles. The van der Waals surface area contributed by atoms with Gasteiger partial charge in [0.25, 0.3) is 5.95 Å². The number of aliphatic hydroxyl groups is 6. The fourth-order valence-corrected chi connectivity index (χ4v) is 3.29. The molecule has 0 aliphatic carbocycles. The molecule has 0 radical (unpaired) electrons. The second-order valence-electron chi connectivity index (χ2n) is 7.42. The fraction of sp³-hybridized carbons (Fsp3) is 0.632. The third-order valence-corrected chi connectivity index (χ3v) is 4.97. The Morgan fingerprint density at radius 3 is 2.45 bits per heavy atom. The molecule has 7 N–H and O–H groups in total. The number of aryl methyl sites for hydroxylation is 1. The first-order chi connectivity index (χ1) is 14.8. The van der Waals surface area contributed by atoms with Gasteiger partial charge in [-0.3, -0.25) is 9.82 Å². The Morgan fingerprint density at radius 1 is 1.03 bits per heavy atom. The zero-order valence-electron chi connectivity index (χ0n) is 16.8. The van der Waals surface area contributed by atoms with Gasteiger partial charge in [-0.15, -0.1) is 0 Å². The molecule has 3 rings (SSSR count). The van der Waals surface area contributed by atoms with Crippen molar-refractivity contribution in [1.29, 1.82) is 0 Å². The SMILES string of the molecule is Cc1cncc(CON[C@@H]2OC(CO)[C@@H](O)[C@@H](OC3=CC(O)C(O)C(CO)O3)C2O)c1. The molecular weight excluding hydrogens is 416 g/mol. The van der Waals surface area contributed by atoms with Gasteiger partial charge in [-0.05, 0) is 18.1 Å². The van der Waals surface area contributed by atoms with E-state index in [1.165, 1.54) is 0 Å². The number of pyridine rings is 1. The van der Waals surface area contributed by atoms with E-state index < -0.39 is 62.2 Å². The Morgan fingerprint density at radius 2 is 1.77 bits per heavy atom. The van der Waals surface area contributed by atoms with Crippen molar-refractivity contribution < 1.29 is 49.7 Å². The van der Waals surface area contributed by atoms with Crippen LogP contribution >= 0.6 is 0 Å². The molecule has 0 aromatic carbocycles. The Labute approximate surface area is 178 Å². The van der Waals surface area contributed by atoms with Crippen molar-refractivity contribution in [1.82, 2.24) is 10.5 Å². The average molecular weight is 444 g/mol. The normalized spacial score (nSPS) is 35.9. The fourth-order valence-electron chi connectivity index (χ4n) is 3.29. The maximum atomic E-state index is 10.6. The summed E-state index contributed by atoms with van der Waals surface area (Å²) in [5.41, 5.74) is 4.25. The molecule has 0 bridgehead atoms. The molecule has 8 atom stereocenters. The minimum absolute atomic E-state index is 0.107. The Kier molecular flexibility index (Phi) is 8.16. The van der Waals surface area contributed by atoms with Crippen LogP contribution in [0.4, 0.5) is 0 Å². The zero-order chi connectivity index (χ0) is 22.5. The van der Waals surface area contributed by atoms with Crippen LogP contribution in [0, 0.1) is 6.92 Å². The van der Waals surface area contributed by atoms with Gasteiger partial charge < -0.3 is 44.8 Å². The quantitative estimate of drug-likeness (QED) is 0.205. The summed E-state index contributed by atoms with van der Waals surface area (Å²) in [7, 11) is 0. The first-order valence-electron chi connectivity index (χ1n) is 9.76. The zero-order valence-corrected chi connectivity index (χ0v) is 16.8. The average Bonchev–Trinajstić information content (AvgIpc) is 2.75. The first kappa shape index (κ1) is 23.8. The molecule has 12 heteroatoms. The predicted molar refractivity (Wildman–Crippen MR) is 102 cm³/mol. The highest BCUT2D eigenvalue weighted by Crippen LogP contribution is 2.27. The van der Waals surface area contributed by atoms with Crippen LogP contribution in [0.1, 0.15) is 11.1 Å². The van der Waals surface area contributed by atoms with Gasteiger partial charge in [0.05, 0.1) is 19.8 Å². The van der Waals surface area contributed by atoms with Crippen molar-refractivity contribution in [2.45, 2.75) is 62.5 Å². The molecule has 2 aliphatic rings. The number of aliphatic hydroxyl groups excluding tert-OH is 6. The van der Waals surface area contributed by atoms with E-state index in [0.29, 0.717) is 0 Å². The van der Waals surface area contributed by atoms with Crippen LogP contribution in [0.15, 0.2) is 30.5 Å². The summed E-state index contributed by atoms with van der Waals surface area (Å²) < 4.78 is 16.2. The number of aromatic nitrogens is 1. The lowest BCUT2D eigenvalue weighted by Crippen LogP contribution is -2.63. The summed E-state index contributed by atoms with van der Waals surface area (Å²) in [6.07, 6.45) is -6.14. The summed E-state index contributed by atoms with van der Waals surface area (Å²) in [4.78, 5) is 9.42. The summed E-state index contributed by atoms with van der Waals surface area (Å²) >= 11 is 0. The highest BCUT2D eigenvalue weighted by Gasteiger charge is 2.47.